The maximum atomic E-state index is 12.5. The predicted molar refractivity (Wildman–Crippen MR) is 77.7 cm³/mol. The molecule has 108 valence electrons. The van der Waals surface area contributed by atoms with Gasteiger partial charge in [-0.05, 0) is 11.6 Å². The number of para-hydroxylation sites is 1. The van der Waals surface area contributed by atoms with Crippen LogP contribution in [-0.2, 0) is 17.9 Å². The van der Waals surface area contributed by atoms with Crippen LogP contribution in [0, 0.1) is 0 Å². The lowest BCUT2D eigenvalue weighted by atomic mass is 9.97. The number of hydrogen-bond donors (Lipinski definition) is 1. The van der Waals surface area contributed by atoms with Crippen LogP contribution >= 0.6 is 0 Å². The lowest BCUT2D eigenvalue weighted by molar-refractivity contribution is -0.133. The monoisotopic (exact) mass is 283 g/mol. The SMILES string of the molecule is O=C(CC1CNc2ccccc21)N1CCn2cnnc2C1. The highest BCUT2D eigenvalue weighted by molar-refractivity contribution is 5.78. The molecule has 2 aromatic rings. The number of rotatable bonds is 2. The van der Waals surface area contributed by atoms with Crippen molar-refractivity contribution in [3.05, 3.63) is 42.0 Å². The van der Waals surface area contributed by atoms with Crippen LogP contribution in [0.1, 0.15) is 23.7 Å². The van der Waals surface area contributed by atoms with Crippen LogP contribution in [0.15, 0.2) is 30.6 Å². The van der Waals surface area contributed by atoms with Gasteiger partial charge in [-0.1, -0.05) is 18.2 Å². The minimum Gasteiger partial charge on any atom is -0.384 e. The molecule has 1 amide bonds. The second-order valence-electron chi connectivity index (χ2n) is 5.63. The Morgan fingerprint density at radius 3 is 3.19 bits per heavy atom. The Kier molecular flexibility index (Phi) is 2.87. The zero-order valence-corrected chi connectivity index (χ0v) is 11.7. The van der Waals surface area contributed by atoms with Gasteiger partial charge >= 0.3 is 0 Å². The van der Waals surface area contributed by atoms with Crippen molar-refractivity contribution in [2.75, 3.05) is 18.4 Å². The van der Waals surface area contributed by atoms with Crippen LogP contribution in [0.3, 0.4) is 0 Å². The Bertz CT molecular complexity index is 680. The topological polar surface area (TPSA) is 63.1 Å². The van der Waals surface area contributed by atoms with Gasteiger partial charge in [-0.2, -0.15) is 0 Å². The highest BCUT2D eigenvalue weighted by Gasteiger charge is 2.28. The summed E-state index contributed by atoms with van der Waals surface area (Å²) in [4.78, 5) is 14.4. The summed E-state index contributed by atoms with van der Waals surface area (Å²) >= 11 is 0. The number of carbonyl (C=O) groups excluding carboxylic acids is 1. The molecule has 1 unspecified atom stereocenters. The number of nitrogens with zero attached hydrogens (tertiary/aromatic N) is 4. The molecular formula is C15H17N5O. The van der Waals surface area contributed by atoms with Crippen molar-refractivity contribution in [2.45, 2.75) is 25.4 Å². The Balaban J connectivity index is 1.46. The highest BCUT2D eigenvalue weighted by Crippen LogP contribution is 2.33. The Labute approximate surface area is 122 Å². The van der Waals surface area contributed by atoms with Gasteiger partial charge in [0, 0.05) is 37.7 Å². The van der Waals surface area contributed by atoms with Crippen molar-refractivity contribution >= 4 is 11.6 Å². The molecule has 6 heteroatoms. The summed E-state index contributed by atoms with van der Waals surface area (Å²) in [6.45, 7) is 2.94. The maximum absolute atomic E-state index is 12.5. The fraction of sp³-hybridized carbons (Fsp3) is 0.400. The molecule has 0 spiro atoms. The molecule has 2 aliphatic rings. The van der Waals surface area contributed by atoms with E-state index in [1.165, 1.54) is 5.56 Å². The molecule has 21 heavy (non-hydrogen) atoms. The number of fused-ring (bicyclic) bond motifs is 2. The van der Waals surface area contributed by atoms with E-state index in [-0.39, 0.29) is 11.8 Å². The fourth-order valence-corrected chi connectivity index (χ4v) is 3.16. The van der Waals surface area contributed by atoms with Crippen molar-refractivity contribution in [3.8, 4) is 0 Å². The van der Waals surface area contributed by atoms with Gasteiger partial charge in [0.25, 0.3) is 0 Å². The van der Waals surface area contributed by atoms with E-state index in [2.05, 4.69) is 27.6 Å². The summed E-state index contributed by atoms with van der Waals surface area (Å²) in [5, 5.41) is 11.3. The van der Waals surface area contributed by atoms with Crippen LogP contribution < -0.4 is 5.32 Å². The van der Waals surface area contributed by atoms with Gasteiger partial charge in [-0.15, -0.1) is 10.2 Å². The molecule has 1 atom stereocenters. The third-order valence-corrected chi connectivity index (χ3v) is 4.35. The Hall–Kier alpha value is -2.37. The summed E-state index contributed by atoms with van der Waals surface area (Å²) in [7, 11) is 0. The molecule has 2 aliphatic heterocycles. The van der Waals surface area contributed by atoms with Crippen LogP contribution in [-0.4, -0.2) is 38.7 Å². The summed E-state index contributed by atoms with van der Waals surface area (Å²) < 4.78 is 2.01. The third-order valence-electron chi connectivity index (χ3n) is 4.35. The lowest BCUT2D eigenvalue weighted by Crippen LogP contribution is -2.38. The number of benzene rings is 1. The number of anilines is 1. The molecule has 0 radical (unpaired) electrons. The van der Waals surface area contributed by atoms with Crippen molar-refractivity contribution < 1.29 is 4.79 Å². The van der Waals surface area contributed by atoms with Crippen molar-refractivity contribution in [3.63, 3.8) is 0 Å². The van der Waals surface area contributed by atoms with Crippen LogP contribution in [0.2, 0.25) is 0 Å². The quantitative estimate of drug-likeness (QED) is 0.900. The van der Waals surface area contributed by atoms with Gasteiger partial charge in [0.1, 0.15) is 6.33 Å². The summed E-state index contributed by atoms with van der Waals surface area (Å²) in [5.41, 5.74) is 2.42. The maximum Gasteiger partial charge on any atom is 0.223 e. The molecule has 0 saturated heterocycles. The molecule has 0 bridgehead atoms. The van der Waals surface area contributed by atoms with E-state index in [0.29, 0.717) is 13.0 Å². The minimum absolute atomic E-state index is 0.202. The average molecular weight is 283 g/mol. The van der Waals surface area contributed by atoms with Gasteiger partial charge in [-0.3, -0.25) is 4.79 Å². The van der Waals surface area contributed by atoms with E-state index in [0.717, 1.165) is 31.1 Å². The van der Waals surface area contributed by atoms with Crippen LogP contribution in [0.5, 0.6) is 0 Å². The van der Waals surface area contributed by atoms with Gasteiger partial charge in [0.05, 0.1) is 6.54 Å². The largest absolute Gasteiger partial charge is 0.384 e. The molecular weight excluding hydrogens is 266 g/mol. The van der Waals surface area contributed by atoms with E-state index >= 15 is 0 Å². The van der Waals surface area contributed by atoms with E-state index in [1.807, 2.05) is 21.6 Å². The van der Waals surface area contributed by atoms with Gasteiger partial charge < -0.3 is 14.8 Å². The molecule has 1 N–H and O–H groups in total. The predicted octanol–water partition coefficient (Wildman–Crippen LogP) is 1.22. The first-order valence-electron chi connectivity index (χ1n) is 7.28. The van der Waals surface area contributed by atoms with Gasteiger partial charge in [0.2, 0.25) is 5.91 Å². The second kappa shape index (κ2) is 4.87. The average Bonchev–Trinajstić information content (AvgIpc) is 3.13. The van der Waals surface area contributed by atoms with E-state index in [9.17, 15) is 4.79 Å². The van der Waals surface area contributed by atoms with E-state index < -0.39 is 0 Å². The van der Waals surface area contributed by atoms with Crippen molar-refractivity contribution in [1.29, 1.82) is 0 Å². The highest BCUT2D eigenvalue weighted by atomic mass is 16.2. The summed E-state index contributed by atoms with van der Waals surface area (Å²) in [6, 6.07) is 8.24. The molecule has 4 rings (SSSR count). The first-order valence-corrected chi connectivity index (χ1v) is 7.28. The van der Waals surface area contributed by atoms with Gasteiger partial charge in [-0.25, -0.2) is 0 Å². The van der Waals surface area contributed by atoms with E-state index in [4.69, 9.17) is 0 Å². The normalized spacial score (nSPS) is 19.8. The van der Waals surface area contributed by atoms with Gasteiger partial charge in [0.15, 0.2) is 5.82 Å². The molecule has 0 aliphatic carbocycles. The minimum atomic E-state index is 0.202. The number of hydrogen-bond acceptors (Lipinski definition) is 4. The molecule has 1 aromatic carbocycles. The fourth-order valence-electron chi connectivity index (χ4n) is 3.16. The third kappa shape index (κ3) is 2.16. The zero-order valence-electron chi connectivity index (χ0n) is 11.7. The second-order valence-corrected chi connectivity index (χ2v) is 5.63. The standard InChI is InChI=1S/C15H17N5O/c21-15(19-5-6-20-10-17-18-14(20)9-19)7-11-8-16-13-4-2-1-3-12(11)13/h1-4,10-11,16H,5-9H2. The van der Waals surface area contributed by atoms with E-state index in [1.54, 1.807) is 6.33 Å². The Morgan fingerprint density at radius 1 is 1.33 bits per heavy atom. The number of aromatic nitrogens is 3. The van der Waals surface area contributed by atoms with Crippen molar-refractivity contribution in [1.82, 2.24) is 19.7 Å². The smallest absolute Gasteiger partial charge is 0.223 e. The number of nitrogens with one attached hydrogen (secondary N) is 1. The number of amides is 1. The van der Waals surface area contributed by atoms with Crippen molar-refractivity contribution in [2.24, 2.45) is 0 Å². The Morgan fingerprint density at radius 2 is 2.24 bits per heavy atom. The first kappa shape index (κ1) is 12.4. The first-order chi connectivity index (χ1) is 10.3. The van der Waals surface area contributed by atoms with Crippen LogP contribution in [0.4, 0.5) is 5.69 Å². The lowest BCUT2D eigenvalue weighted by Gasteiger charge is -2.28. The molecule has 1 aromatic heterocycles. The summed E-state index contributed by atoms with van der Waals surface area (Å²) in [6.07, 6.45) is 2.28. The summed E-state index contributed by atoms with van der Waals surface area (Å²) in [5.74, 6) is 1.35. The molecule has 3 heterocycles. The molecule has 6 nitrogen and oxygen atoms in total. The number of carbonyl (C=O) groups is 1. The molecule has 0 fully saturated rings. The molecule has 0 saturated carbocycles. The van der Waals surface area contributed by atoms with Crippen LogP contribution in [0.25, 0.3) is 0 Å². The zero-order chi connectivity index (χ0) is 14.2.